The van der Waals surface area contributed by atoms with Crippen LogP contribution in [-0.4, -0.2) is 66.2 Å². The van der Waals surface area contributed by atoms with Crippen LogP contribution < -0.4 is 5.32 Å². The second kappa shape index (κ2) is 6.15. The fraction of sp³-hybridized carbons (Fsp3) is 0.733. The highest BCUT2D eigenvalue weighted by Crippen LogP contribution is 2.19. The third-order valence-corrected chi connectivity index (χ3v) is 4.69. The molecule has 1 aromatic heterocycles. The standard InChI is InChI=1S/C15H24N4O2/c1-11-14(12(2)21-17-11)9-15(20)19-6-3-13(10-19)18-7-4-16-5-8-18/h13,16H,3-10H2,1-2H3. The number of amides is 1. The first-order valence-electron chi connectivity index (χ1n) is 7.79. The molecule has 0 spiro atoms. The van der Waals surface area contributed by atoms with Gasteiger partial charge in [-0.05, 0) is 20.3 Å². The minimum absolute atomic E-state index is 0.196. The first-order chi connectivity index (χ1) is 10.1. The van der Waals surface area contributed by atoms with Gasteiger partial charge in [-0.25, -0.2) is 0 Å². The Morgan fingerprint density at radius 3 is 2.76 bits per heavy atom. The lowest BCUT2D eigenvalue weighted by atomic mass is 10.1. The molecule has 116 valence electrons. The van der Waals surface area contributed by atoms with Crippen LogP contribution in [-0.2, 0) is 11.2 Å². The average Bonchev–Trinajstić information content (AvgIpc) is 3.11. The van der Waals surface area contributed by atoms with Gasteiger partial charge in [-0.15, -0.1) is 0 Å². The number of carbonyl (C=O) groups excluding carboxylic acids is 1. The summed E-state index contributed by atoms with van der Waals surface area (Å²) in [7, 11) is 0. The van der Waals surface area contributed by atoms with E-state index in [1.807, 2.05) is 18.7 Å². The summed E-state index contributed by atoms with van der Waals surface area (Å²) in [6.45, 7) is 9.81. The van der Waals surface area contributed by atoms with Gasteiger partial charge in [0.2, 0.25) is 5.91 Å². The summed E-state index contributed by atoms with van der Waals surface area (Å²) in [5.74, 6) is 0.959. The van der Waals surface area contributed by atoms with E-state index in [9.17, 15) is 4.79 Å². The maximum absolute atomic E-state index is 12.5. The van der Waals surface area contributed by atoms with Crippen molar-refractivity contribution in [2.24, 2.45) is 0 Å². The van der Waals surface area contributed by atoms with Crippen molar-refractivity contribution in [2.45, 2.75) is 32.7 Å². The van der Waals surface area contributed by atoms with Crippen molar-refractivity contribution < 1.29 is 9.32 Å². The third kappa shape index (κ3) is 3.11. The van der Waals surface area contributed by atoms with E-state index in [1.165, 1.54) is 0 Å². The van der Waals surface area contributed by atoms with Gasteiger partial charge >= 0.3 is 0 Å². The first kappa shape index (κ1) is 14.5. The fourth-order valence-corrected chi connectivity index (χ4v) is 3.33. The number of likely N-dealkylation sites (tertiary alicyclic amines) is 1. The summed E-state index contributed by atoms with van der Waals surface area (Å²) in [5.41, 5.74) is 1.78. The van der Waals surface area contributed by atoms with E-state index in [1.54, 1.807) is 0 Å². The molecule has 1 unspecified atom stereocenters. The Morgan fingerprint density at radius 2 is 2.10 bits per heavy atom. The lowest BCUT2D eigenvalue weighted by molar-refractivity contribution is -0.129. The first-order valence-corrected chi connectivity index (χ1v) is 7.79. The molecule has 2 aliphatic rings. The van der Waals surface area contributed by atoms with Crippen molar-refractivity contribution in [1.82, 2.24) is 20.3 Å². The number of carbonyl (C=O) groups is 1. The molecule has 1 atom stereocenters. The molecular formula is C15H24N4O2. The predicted molar refractivity (Wildman–Crippen MR) is 79.1 cm³/mol. The number of rotatable bonds is 3. The minimum atomic E-state index is 0.196. The average molecular weight is 292 g/mol. The third-order valence-electron chi connectivity index (χ3n) is 4.69. The molecule has 3 heterocycles. The van der Waals surface area contributed by atoms with E-state index in [4.69, 9.17) is 4.52 Å². The molecule has 2 saturated heterocycles. The Morgan fingerprint density at radius 1 is 1.33 bits per heavy atom. The predicted octanol–water partition coefficient (Wildman–Crippen LogP) is 0.340. The number of aryl methyl sites for hydroxylation is 2. The molecule has 1 N–H and O–H groups in total. The second-order valence-electron chi connectivity index (χ2n) is 6.05. The molecule has 21 heavy (non-hydrogen) atoms. The van der Waals surface area contributed by atoms with Crippen molar-refractivity contribution in [3.63, 3.8) is 0 Å². The number of aromatic nitrogens is 1. The van der Waals surface area contributed by atoms with Gasteiger partial charge in [0.1, 0.15) is 5.76 Å². The van der Waals surface area contributed by atoms with E-state index in [2.05, 4.69) is 15.4 Å². The van der Waals surface area contributed by atoms with Crippen LogP contribution in [0.15, 0.2) is 4.52 Å². The molecular weight excluding hydrogens is 268 g/mol. The Bertz CT molecular complexity index is 488. The van der Waals surface area contributed by atoms with Crippen LogP contribution in [0, 0.1) is 13.8 Å². The van der Waals surface area contributed by atoms with E-state index in [-0.39, 0.29) is 5.91 Å². The second-order valence-corrected chi connectivity index (χ2v) is 6.05. The van der Waals surface area contributed by atoms with Crippen LogP contribution in [0.5, 0.6) is 0 Å². The van der Waals surface area contributed by atoms with Gasteiger partial charge in [-0.1, -0.05) is 5.16 Å². The number of hydrogen-bond donors (Lipinski definition) is 1. The summed E-state index contributed by atoms with van der Waals surface area (Å²) in [5, 5.41) is 7.30. The molecule has 2 aliphatic heterocycles. The molecule has 2 fully saturated rings. The molecule has 1 aromatic rings. The number of nitrogens with one attached hydrogen (secondary N) is 1. The Hall–Kier alpha value is -1.40. The van der Waals surface area contributed by atoms with Crippen LogP contribution in [0.1, 0.15) is 23.4 Å². The Kier molecular flexibility index (Phi) is 4.26. The fourth-order valence-electron chi connectivity index (χ4n) is 3.33. The van der Waals surface area contributed by atoms with Gasteiger partial charge in [-0.3, -0.25) is 9.69 Å². The van der Waals surface area contributed by atoms with Crippen LogP contribution in [0.4, 0.5) is 0 Å². The van der Waals surface area contributed by atoms with Crippen molar-refractivity contribution in [1.29, 1.82) is 0 Å². The van der Waals surface area contributed by atoms with E-state index < -0.39 is 0 Å². The van der Waals surface area contributed by atoms with Crippen LogP contribution in [0.2, 0.25) is 0 Å². The van der Waals surface area contributed by atoms with Crippen LogP contribution >= 0.6 is 0 Å². The molecule has 0 radical (unpaired) electrons. The summed E-state index contributed by atoms with van der Waals surface area (Å²) in [4.78, 5) is 17.0. The maximum Gasteiger partial charge on any atom is 0.227 e. The van der Waals surface area contributed by atoms with Crippen LogP contribution in [0.3, 0.4) is 0 Å². The highest BCUT2D eigenvalue weighted by molar-refractivity contribution is 5.79. The zero-order valence-corrected chi connectivity index (χ0v) is 12.9. The maximum atomic E-state index is 12.5. The molecule has 1 amide bonds. The topological polar surface area (TPSA) is 61.6 Å². The summed E-state index contributed by atoms with van der Waals surface area (Å²) in [6, 6.07) is 0.528. The van der Waals surface area contributed by atoms with E-state index >= 15 is 0 Å². The van der Waals surface area contributed by atoms with Crippen LogP contribution in [0.25, 0.3) is 0 Å². The zero-order valence-electron chi connectivity index (χ0n) is 12.9. The molecule has 3 rings (SSSR count). The van der Waals surface area contributed by atoms with Crippen molar-refractivity contribution in [3.8, 4) is 0 Å². The highest BCUT2D eigenvalue weighted by atomic mass is 16.5. The van der Waals surface area contributed by atoms with E-state index in [0.29, 0.717) is 12.5 Å². The zero-order chi connectivity index (χ0) is 14.8. The highest BCUT2D eigenvalue weighted by Gasteiger charge is 2.31. The van der Waals surface area contributed by atoms with Gasteiger partial charge < -0.3 is 14.7 Å². The van der Waals surface area contributed by atoms with Crippen molar-refractivity contribution in [2.75, 3.05) is 39.3 Å². The molecule has 6 heteroatoms. The lowest BCUT2D eigenvalue weighted by Gasteiger charge is -2.32. The van der Waals surface area contributed by atoms with Gasteiger partial charge in [0.25, 0.3) is 0 Å². The minimum Gasteiger partial charge on any atom is -0.361 e. The Labute approximate surface area is 125 Å². The summed E-state index contributed by atoms with van der Waals surface area (Å²) < 4.78 is 5.14. The quantitative estimate of drug-likeness (QED) is 0.870. The molecule has 0 saturated carbocycles. The molecule has 0 bridgehead atoms. The lowest BCUT2D eigenvalue weighted by Crippen LogP contribution is -2.49. The Balaban J connectivity index is 1.57. The summed E-state index contributed by atoms with van der Waals surface area (Å²) >= 11 is 0. The number of hydrogen-bond acceptors (Lipinski definition) is 5. The van der Waals surface area contributed by atoms with E-state index in [0.717, 1.165) is 62.7 Å². The molecule has 6 nitrogen and oxygen atoms in total. The van der Waals surface area contributed by atoms with Gasteiger partial charge in [0, 0.05) is 50.9 Å². The van der Waals surface area contributed by atoms with Gasteiger partial charge in [-0.2, -0.15) is 0 Å². The number of piperazine rings is 1. The smallest absolute Gasteiger partial charge is 0.227 e. The summed E-state index contributed by atoms with van der Waals surface area (Å²) in [6.07, 6.45) is 1.50. The SMILES string of the molecule is Cc1noc(C)c1CC(=O)N1CCC(N2CCNCC2)C1. The van der Waals surface area contributed by atoms with Gasteiger partial charge in [0.15, 0.2) is 0 Å². The van der Waals surface area contributed by atoms with Crippen molar-refractivity contribution in [3.05, 3.63) is 17.0 Å². The van der Waals surface area contributed by atoms with Gasteiger partial charge in [0.05, 0.1) is 12.1 Å². The largest absolute Gasteiger partial charge is 0.361 e. The normalized spacial score (nSPS) is 23.7. The molecule has 0 aromatic carbocycles. The monoisotopic (exact) mass is 292 g/mol. The number of nitrogens with zero attached hydrogens (tertiary/aromatic N) is 3. The molecule has 0 aliphatic carbocycles. The van der Waals surface area contributed by atoms with Crippen molar-refractivity contribution >= 4 is 5.91 Å².